The van der Waals surface area contributed by atoms with Crippen LogP contribution in [0.3, 0.4) is 0 Å². The lowest BCUT2D eigenvalue weighted by atomic mass is 9.83. The zero-order valence-corrected chi connectivity index (χ0v) is 19.6. The summed E-state index contributed by atoms with van der Waals surface area (Å²) in [4.78, 5) is 4.70. The first-order chi connectivity index (χ1) is 17.1. The highest BCUT2D eigenvalue weighted by atomic mass is 16.5. The zero-order valence-electron chi connectivity index (χ0n) is 19.6. The number of hydrogen-bond acceptors (Lipinski definition) is 5. The monoisotopic (exact) mass is 467 g/mol. The summed E-state index contributed by atoms with van der Waals surface area (Å²) in [5, 5.41) is 18.6. The minimum absolute atomic E-state index is 0.159. The van der Waals surface area contributed by atoms with Crippen molar-refractivity contribution in [3.63, 3.8) is 0 Å². The number of rotatable bonds is 7. The number of piperidine rings is 3. The summed E-state index contributed by atoms with van der Waals surface area (Å²) >= 11 is 0. The zero-order chi connectivity index (χ0) is 23.7. The third-order valence-corrected chi connectivity index (χ3v) is 7.69. The van der Waals surface area contributed by atoms with Crippen molar-refractivity contribution in [3.05, 3.63) is 114 Å². The molecule has 0 unspecified atom stereocenters. The number of fused-ring (bicyclic) bond motifs is 3. The molecule has 3 aliphatic heterocycles. The quantitative estimate of drug-likeness (QED) is 0.386. The number of nitrogens with zero attached hydrogens (tertiary/aromatic N) is 3. The van der Waals surface area contributed by atoms with Crippen molar-refractivity contribution in [3.8, 4) is 5.75 Å². The summed E-state index contributed by atoms with van der Waals surface area (Å²) in [6.45, 7) is 3.67. The molecule has 3 fully saturated rings. The molecule has 4 aromatic rings. The Labute approximate surface area is 205 Å². The van der Waals surface area contributed by atoms with Gasteiger partial charge in [0, 0.05) is 24.4 Å². The van der Waals surface area contributed by atoms with Crippen molar-refractivity contribution >= 4 is 0 Å². The van der Waals surface area contributed by atoms with Crippen molar-refractivity contribution in [2.75, 3.05) is 19.6 Å². The van der Waals surface area contributed by atoms with Crippen molar-refractivity contribution in [1.29, 1.82) is 0 Å². The van der Waals surface area contributed by atoms with Crippen LogP contribution in [-0.2, 0) is 12.1 Å². The minimum Gasteiger partial charge on any atom is -0.837 e. The van der Waals surface area contributed by atoms with Gasteiger partial charge in [0.25, 0.3) is 5.89 Å². The second kappa shape index (κ2) is 8.95. The second-order valence-corrected chi connectivity index (χ2v) is 9.86. The Balaban J connectivity index is 1.27. The molecule has 35 heavy (non-hydrogen) atoms. The predicted octanol–water partition coefficient (Wildman–Crippen LogP) is 3.91. The molecule has 3 aromatic carbocycles. The van der Waals surface area contributed by atoms with Gasteiger partial charge in [0.2, 0.25) is 0 Å². The Morgan fingerprint density at radius 1 is 0.857 bits per heavy atom. The Morgan fingerprint density at radius 3 is 2.03 bits per heavy atom. The number of ether oxygens (including phenoxy) is 1. The van der Waals surface area contributed by atoms with Crippen LogP contribution in [0.2, 0.25) is 0 Å². The van der Waals surface area contributed by atoms with E-state index in [9.17, 15) is 5.11 Å². The predicted molar refractivity (Wildman–Crippen MR) is 129 cm³/mol. The van der Waals surface area contributed by atoms with Gasteiger partial charge < -0.3 is 18.8 Å². The van der Waals surface area contributed by atoms with Gasteiger partial charge in [0.05, 0.1) is 13.1 Å². The van der Waals surface area contributed by atoms with Crippen LogP contribution in [0.15, 0.2) is 95.5 Å². The van der Waals surface area contributed by atoms with Crippen LogP contribution in [0.25, 0.3) is 0 Å². The molecule has 7 rings (SSSR count). The summed E-state index contributed by atoms with van der Waals surface area (Å²) in [6.07, 6.45) is 2.42. The fraction of sp³-hybridized carbons (Fsp3) is 0.310. The van der Waals surface area contributed by atoms with Gasteiger partial charge in [-0.15, -0.1) is 0 Å². The van der Waals surface area contributed by atoms with E-state index in [1.54, 1.807) is 0 Å². The maximum atomic E-state index is 14.4. The van der Waals surface area contributed by atoms with Crippen LogP contribution in [0, 0.1) is 5.92 Å². The van der Waals surface area contributed by atoms with Crippen LogP contribution in [-0.4, -0.2) is 40.4 Å². The molecular formula is C29H29N3O3. The maximum absolute atomic E-state index is 14.4. The molecule has 0 aliphatic carbocycles. The summed E-state index contributed by atoms with van der Waals surface area (Å²) in [5.41, 5.74) is -0.542. The second-order valence-electron chi connectivity index (χ2n) is 9.86. The molecule has 4 heterocycles. The van der Waals surface area contributed by atoms with E-state index in [0.717, 1.165) is 42.7 Å². The molecule has 0 spiro atoms. The van der Waals surface area contributed by atoms with Crippen LogP contribution in [0.5, 0.6) is 5.75 Å². The number of quaternary nitrogens is 1. The molecule has 2 bridgehead atoms. The molecular weight excluding hydrogens is 438 g/mol. The van der Waals surface area contributed by atoms with Gasteiger partial charge in [-0.05, 0) is 23.3 Å². The Kier molecular flexibility index (Phi) is 5.63. The van der Waals surface area contributed by atoms with Crippen molar-refractivity contribution in [2.24, 2.45) is 5.92 Å². The molecule has 0 radical (unpaired) electrons. The highest BCUT2D eigenvalue weighted by molar-refractivity contribution is 5.41. The molecule has 0 saturated carbocycles. The Hall–Kier alpha value is -3.48. The molecule has 3 saturated heterocycles. The van der Waals surface area contributed by atoms with Crippen LogP contribution in [0.1, 0.15) is 35.7 Å². The van der Waals surface area contributed by atoms with Crippen molar-refractivity contribution in [2.45, 2.75) is 31.1 Å². The summed E-state index contributed by atoms with van der Waals surface area (Å²) in [7, 11) is 0. The maximum Gasteiger partial charge on any atom is 0.281 e. The number of benzene rings is 3. The van der Waals surface area contributed by atoms with E-state index in [1.807, 2.05) is 91.0 Å². The SMILES string of the molecule is [O-]C(c1ccccc1)(c1ccccc1)c1noc(C[N+]23CCC(CC2)[C@@H](Oc2ccccc2)C3)n1. The topological polar surface area (TPSA) is 71.2 Å². The fourth-order valence-electron chi connectivity index (χ4n) is 5.77. The van der Waals surface area contributed by atoms with E-state index in [0.29, 0.717) is 29.5 Å². The van der Waals surface area contributed by atoms with E-state index in [-0.39, 0.29) is 11.9 Å². The Morgan fingerprint density at radius 2 is 1.43 bits per heavy atom. The van der Waals surface area contributed by atoms with Gasteiger partial charge in [-0.25, -0.2) is 0 Å². The van der Waals surface area contributed by atoms with Crippen LogP contribution in [0.4, 0.5) is 0 Å². The highest BCUT2D eigenvalue weighted by Crippen LogP contribution is 2.38. The molecule has 6 heteroatoms. The summed E-state index contributed by atoms with van der Waals surface area (Å²) < 4.78 is 13.0. The van der Waals surface area contributed by atoms with Crippen molar-refractivity contribution in [1.82, 2.24) is 10.1 Å². The number of para-hydroxylation sites is 1. The van der Waals surface area contributed by atoms with E-state index in [4.69, 9.17) is 14.2 Å². The first-order valence-corrected chi connectivity index (χ1v) is 12.4. The normalized spacial score (nSPS) is 23.8. The molecule has 178 valence electrons. The minimum atomic E-state index is -1.74. The van der Waals surface area contributed by atoms with E-state index in [1.165, 1.54) is 0 Å². The van der Waals surface area contributed by atoms with Crippen LogP contribution >= 0.6 is 0 Å². The van der Waals surface area contributed by atoms with Gasteiger partial charge in [0.15, 0.2) is 18.5 Å². The first-order valence-electron chi connectivity index (χ1n) is 12.4. The van der Waals surface area contributed by atoms with Crippen LogP contribution < -0.4 is 9.84 Å². The average molecular weight is 468 g/mol. The first kappa shape index (κ1) is 22.0. The molecule has 1 aromatic heterocycles. The number of hydrogen-bond donors (Lipinski definition) is 0. The van der Waals surface area contributed by atoms with Crippen molar-refractivity contribution < 1.29 is 18.8 Å². The Bertz CT molecular complexity index is 1210. The van der Waals surface area contributed by atoms with Gasteiger partial charge in [-0.3, -0.25) is 0 Å². The van der Waals surface area contributed by atoms with Gasteiger partial charge >= 0.3 is 0 Å². The van der Waals surface area contributed by atoms with E-state index in [2.05, 4.69) is 5.16 Å². The molecule has 1 atom stereocenters. The lowest BCUT2D eigenvalue weighted by Gasteiger charge is -2.51. The van der Waals surface area contributed by atoms with E-state index < -0.39 is 5.60 Å². The average Bonchev–Trinajstić information content (AvgIpc) is 3.39. The molecule has 3 aliphatic rings. The molecule has 6 nitrogen and oxygen atoms in total. The third kappa shape index (κ3) is 4.13. The smallest absolute Gasteiger partial charge is 0.281 e. The molecule has 0 N–H and O–H groups in total. The largest absolute Gasteiger partial charge is 0.837 e. The summed E-state index contributed by atoms with van der Waals surface area (Å²) in [5.74, 6) is 2.18. The van der Waals surface area contributed by atoms with Gasteiger partial charge in [-0.1, -0.05) is 84.0 Å². The van der Waals surface area contributed by atoms with Gasteiger partial charge in [-0.2, -0.15) is 4.98 Å². The number of aromatic nitrogens is 2. The van der Waals surface area contributed by atoms with E-state index >= 15 is 0 Å². The lowest BCUT2D eigenvalue weighted by molar-refractivity contribution is -0.959. The standard InChI is InChI=1S/C29H29N3O3/c33-29(23-10-4-1-5-11-23,24-12-6-2-7-13-24)28-30-27(35-31-28)21-32-18-16-22(17-19-32)26(20-32)34-25-14-8-3-9-15-25/h1-15,22,26H,16-21H2/t22?,26-,32?/m0/s1. The summed E-state index contributed by atoms with van der Waals surface area (Å²) in [6, 6.07) is 28.7. The fourth-order valence-corrected chi connectivity index (χ4v) is 5.77. The molecule has 0 amide bonds. The lowest BCUT2D eigenvalue weighted by Crippen LogP contribution is -2.64. The van der Waals surface area contributed by atoms with Gasteiger partial charge in [0.1, 0.15) is 12.3 Å². The highest BCUT2D eigenvalue weighted by Gasteiger charge is 2.48. The third-order valence-electron chi connectivity index (χ3n) is 7.69.